The van der Waals surface area contributed by atoms with E-state index in [1.807, 2.05) is 30.3 Å². The molecule has 1 aromatic rings. The maximum atomic E-state index is 11.9. The molecule has 0 radical (unpaired) electrons. The first-order valence-electron chi connectivity index (χ1n) is 5.17. The second-order valence-corrected chi connectivity index (χ2v) is 3.78. The summed E-state index contributed by atoms with van der Waals surface area (Å²) in [5.74, 6) is -0.299. The zero-order valence-corrected chi connectivity index (χ0v) is 9.96. The number of quaternary nitrogens is 1. The van der Waals surface area contributed by atoms with Crippen LogP contribution in [0.1, 0.15) is 12.0 Å². The number of amides is 3. The highest BCUT2D eigenvalue weighted by molar-refractivity contribution is 6.07. The Morgan fingerprint density at radius 2 is 1.82 bits per heavy atom. The summed E-state index contributed by atoms with van der Waals surface area (Å²) in [6.07, 6.45) is 0.495. The molecule has 1 aliphatic rings. The normalized spacial score (nSPS) is 22.6. The zero-order valence-electron chi connectivity index (χ0n) is 9.20. The van der Waals surface area contributed by atoms with Gasteiger partial charge in [0.05, 0.1) is 6.54 Å². The molecular weight excluding hydrogens is 242 g/mol. The summed E-state index contributed by atoms with van der Waals surface area (Å²) in [4.78, 5) is 23.1. The molecule has 0 aromatic heterocycles. The molecule has 3 amide bonds. The fraction of sp³-hybridized carbons (Fsp3) is 0.273. The lowest BCUT2D eigenvalue weighted by Crippen LogP contribution is -3.00. The third-order valence-corrected chi connectivity index (χ3v) is 2.76. The van der Waals surface area contributed by atoms with Crippen molar-refractivity contribution in [3.05, 3.63) is 35.9 Å². The van der Waals surface area contributed by atoms with E-state index in [1.54, 1.807) is 0 Å². The predicted molar refractivity (Wildman–Crippen MR) is 57.2 cm³/mol. The van der Waals surface area contributed by atoms with Gasteiger partial charge in [0, 0.05) is 6.42 Å². The molecule has 92 valence electrons. The molecule has 2 rings (SSSR count). The fourth-order valence-corrected chi connectivity index (χ4v) is 2.00. The first-order chi connectivity index (χ1) is 7.69. The Labute approximate surface area is 105 Å². The highest BCUT2D eigenvalue weighted by Gasteiger charge is 2.47. The summed E-state index contributed by atoms with van der Waals surface area (Å²) < 4.78 is 0. The summed E-state index contributed by atoms with van der Waals surface area (Å²) in [5, 5.41) is 4.97. The highest BCUT2D eigenvalue weighted by Crippen LogP contribution is 2.27. The van der Waals surface area contributed by atoms with Crippen LogP contribution in [0.2, 0.25) is 0 Å². The van der Waals surface area contributed by atoms with Crippen molar-refractivity contribution in [2.75, 3.05) is 6.54 Å². The van der Waals surface area contributed by atoms with E-state index in [0.29, 0.717) is 13.0 Å². The number of carbonyl (C=O) groups excluding carboxylic acids is 2. The second-order valence-electron chi connectivity index (χ2n) is 3.78. The van der Waals surface area contributed by atoms with Gasteiger partial charge >= 0.3 is 6.03 Å². The predicted octanol–water partition coefficient (Wildman–Crippen LogP) is -3.64. The first kappa shape index (κ1) is 13.5. The topological polar surface area (TPSA) is 85.8 Å². The third-order valence-electron chi connectivity index (χ3n) is 2.76. The van der Waals surface area contributed by atoms with Crippen LogP contribution in [0.3, 0.4) is 0 Å². The van der Waals surface area contributed by atoms with E-state index in [9.17, 15) is 9.59 Å². The smallest absolute Gasteiger partial charge is 0.322 e. The van der Waals surface area contributed by atoms with Crippen molar-refractivity contribution in [2.45, 2.75) is 12.0 Å². The Morgan fingerprint density at radius 3 is 2.29 bits per heavy atom. The van der Waals surface area contributed by atoms with Gasteiger partial charge in [0.15, 0.2) is 5.54 Å². The van der Waals surface area contributed by atoms with Gasteiger partial charge in [0.2, 0.25) is 0 Å². The van der Waals surface area contributed by atoms with Gasteiger partial charge in [-0.1, -0.05) is 30.3 Å². The van der Waals surface area contributed by atoms with Crippen molar-refractivity contribution in [2.24, 2.45) is 0 Å². The van der Waals surface area contributed by atoms with Crippen LogP contribution in [0.5, 0.6) is 0 Å². The molecule has 17 heavy (non-hydrogen) atoms. The van der Waals surface area contributed by atoms with Gasteiger partial charge in [0.1, 0.15) is 0 Å². The average Bonchev–Trinajstić information content (AvgIpc) is 2.57. The molecule has 6 heteroatoms. The monoisotopic (exact) mass is 255 g/mol. The number of nitrogens with one attached hydrogen (secondary N) is 2. The van der Waals surface area contributed by atoms with Gasteiger partial charge in [-0.25, -0.2) is 4.79 Å². The summed E-state index contributed by atoms with van der Waals surface area (Å²) >= 11 is 0. The van der Waals surface area contributed by atoms with Crippen LogP contribution in [0.4, 0.5) is 4.79 Å². The standard InChI is InChI=1S/C11H13N3O2.ClH/c12-7-6-11(8-4-2-1-3-5-8)9(15)13-10(16)14-11;/h1-5H,6-7,12H2,(H2,13,14,15,16);1H/t11-;/m0./s1. The highest BCUT2D eigenvalue weighted by atomic mass is 35.5. The van der Waals surface area contributed by atoms with Gasteiger partial charge in [-0.3, -0.25) is 10.1 Å². The molecule has 1 heterocycles. The molecule has 0 saturated carbocycles. The van der Waals surface area contributed by atoms with Crippen molar-refractivity contribution in [3.63, 3.8) is 0 Å². The van der Waals surface area contributed by atoms with Crippen LogP contribution in [-0.2, 0) is 10.3 Å². The van der Waals surface area contributed by atoms with Crippen molar-refractivity contribution >= 4 is 11.9 Å². The van der Waals surface area contributed by atoms with E-state index in [4.69, 9.17) is 0 Å². The number of hydrogen-bond acceptors (Lipinski definition) is 2. The van der Waals surface area contributed by atoms with Crippen molar-refractivity contribution in [3.8, 4) is 0 Å². The largest absolute Gasteiger partial charge is 1.00 e. The molecule has 1 aromatic carbocycles. The van der Waals surface area contributed by atoms with E-state index < -0.39 is 11.6 Å². The maximum Gasteiger partial charge on any atom is 0.322 e. The zero-order chi connectivity index (χ0) is 11.6. The van der Waals surface area contributed by atoms with Crippen molar-refractivity contribution in [1.82, 2.24) is 10.6 Å². The van der Waals surface area contributed by atoms with Gasteiger partial charge in [-0.2, -0.15) is 0 Å². The number of carbonyl (C=O) groups is 2. The molecule has 5 nitrogen and oxygen atoms in total. The Morgan fingerprint density at radius 1 is 1.18 bits per heavy atom. The minimum absolute atomic E-state index is 0. The molecule has 1 fully saturated rings. The second kappa shape index (κ2) is 5.16. The fourth-order valence-electron chi connectivity index (χ4n) is 2.00. The summed E-state index contributed by atoms with van der Waals surface area (Å²) in [6, 6.07) is 8.79. The van der Waals surface area contributed by atoms with E-state index in [2.05, 4.69) is 16.4 Å². The Kier molecular flexibility index (Phi) is 4.09. The molecule has 1 aliphatic heterocycles. The summed E-state index contributed by atoms with van der Waals surface area (Å²) in [7, 11) is 0. The van der Waals surface area contributed by atoms with Crippen LogP contribution in [0.15, 0.2) is 30.3 Å². The van der Waals surface area contributed by atoms with E-state index in [1.165, 1.54) is 0 Å². The number of hydrogen-bond donors (Lipinski definition) is 3. The Balaban J connectivity index is 0.00000144. The number of imide groups is 1. The Bertz CT molecular complexity index is 424. The van der Waals surface area contributed by atoms with Gasteiger partial charge in [-0.05, 0) is 5.56 Å². The maximum absolute atomic E-state index is 11.9. The van der Waals surface area contributed by atoms with Crippen LogP contribution in [0.25, 0.3) is 0 Å². The SMILES string of the molecule is [Cl-].[NH3+]CC[C@@]1(c2ccccc2)NC(=O)NC1=O. The van der Waals surface area contributed by atoms with E-state index in [0.717, 1.165) is 5.56 Å². The van der Waals surface area contributed by atoms with E-state index in [-0.39, 0.29) is 18.3 Å². The summed E-state index contributed by atoms with van der Waals surface area (Å²) in [5.41, 5.74) is 3.60. The molecule has 1 saturated heterocycles. The molecule has 1 atom stereocenters. The number of halogens is 1. The van der Waals surface area contributed by atoms with E-state index >= 15 is 0 Å². The Hall–Kier alpha value is -1.59. The van der Waals surface area contributed by atoms with Gasteiger partial charge in [0.25, 0.3) is 5.91 Å². The van der Waals surface area contributed by atoms with Crippen LogP contribution >= 0.6 is 0 Å². The van der Waals surface area contributed by atoms with Crippen LogP contribution < -0.4 is 28.8 Å². The minimum Gasteiger partial charge on any atom is -1.00 e. The average molecular weight is 256 g/mol. The quantitative estimate of drug-likeness (QED) is 0.487. The molecular formula is C11H14ClN3O2. The number of rotatable bonds is 3. The van der Waals surface area contributed by atoms with Crippen LogP contribution in [0, 0.1) is 0 Å². The number of urea groups is 1. The molecule has 0 bridgehead atoms. The molecule has 5 N–H and O–H groups in total. The van der Waals surface area contributed by atoms with Crippen molar-refractivity contribution in [1.29, 1.82) is 0 Å². The van der Waals surface area contributed by atoms with Crippen LogP contribution in [-0.4, -0.2) is 18.5 Å². The first-order valence-corrected chi connectivity index (χ1v) is 5.17. The third kappa shape index (κ3) is 2.25. The molecule has 0 aliphatic carbocycles. The van der Waals surface area contributed by atoms with Gasteiger partial charge < -0.3 is 23.5 Å². The van der Waals surface area contributed by atoms with Crippen molar-refractivity contribution < 1.29 is 27.7 Å². The lowest BCUT2D eigenvalue weighted by Gasteiger charge is -2.24. The molecule has 0 spiro atoms. The minimum atomic E-state index is -0.944. The van der Waals surface area contributed by atoms with Gasteiger partial charge in [-0.15, -0.1) is 0 Å². The lowest BCUT2D eigenvalue weighted by molar-refractivity contribution is -0.370. The number of benzene rings is 1. The summed E-state index contributed by atoms with van der Waals surface area (Å²) in [6.45, 7) is 0.572. The molecule has 0 unspecified atom stereocenters. The lowest BCUT2D eigenvalue weighted by atomic mass is 9.87.